The van der Waals surface area contributed by atoms with Gasteiger partial charge in [0.05, 0.1) is 27.4 Å². The Bertz CT molecular complexity index is 943. The lowest BCUT2D eigenvalue weighted by Gasteiger charge is -2.17. The molecule has 0 aliphatic rings. The van der Waals surface area contributed by atoms with Crippen molar-refractivity contribution in [3.63, 3.8) is 0 Å². The van der Waals surface area contributed by atoms with E-state index in [1.165, 1.54) is 0 Å². The van der Waals surface area contributed by atoms with E-state index in [1.54, 1.807) is 33.5 Å². The highest BCUT2D eigenvalue weighted by molar-refractivity contribution is 5.95. The SMILES string of the molecule is COc1ccc(C(O)CNc2cc(C)nc3c(OC)cccc23)cc1OC. The molecule has 6 heteroatoms. The van der Waals surface area contributed by atoms with Crippen LogP contribution in [-0.2, 0) is 0 Å². The van der Waals surface area contributed by atoms with Crippen LogP contribution < -0.4 is 19.5 Å². The van der Waals surface area contributed by atoms with Crippen LogP contribution in [0.25, 0.3) is 10.9 Å². The Morgan fingerprint density at radius 3 is 2.41 bits per heavy atom. The fourth-order valence-corrected chi connectivity index (χ4v) is 3.05. The molecule has 0 saturated carbocycles. The van der Waals surface area contributed by atoms with Gasteiger partial charge in [-0.1, -0.05) is 18.2 Å². The maximum Gasteiger partial charge on any atom is 0.161 e. The molecule has 1 heterocycles. The van der Waals surface area contributed by atoms with E-state index in [1.807, 2.05) is 37.3 Å². The summed E-state index contributed by atoms with van der Waals surface area (Å²) in [5.74, 6) is 1.94. The molecular weight excluding hydrogens is 344 g/mol. The van der Waals surface area contributed by atoms with E-state index < -0.39 is 6.10 Å². The molecule has 0 aliphatic heterocycles. The van der Waals surface area contributed by atoms with Crippen LogP contribution in [0, 0.1) is 6.92 Å². The second kappa shape index (κ2) is 8.14. The Morgan fingerprint density at radius 2 is 1.70 bits per heavy atom. The summed E-state index contributed by atoms with van der Waals surface area (Å²) >= 11 is 0. The largest absolute Gasteiger partial charge is 0.494 e. The third-order valence-corrected chi connectivity index (χ3v) is 4.43. The van der Waals surface area contributed by atoms with E-state index in [-0.39, 0.29) is 0 Å². The van der Waals surface area contributed by atoms with Crippen molar-refractivity contribution in [2.75, 3.05) is 33.2 Å². The van der Waals surface area contributed by atoms with E-state index >= 15 is 0 Å². The van der Waals surface area contributed by atoms with E-state index in [0.29, 0.717) is 18.0 Å². The van der Waals surface area contributed by atoms with E-state index in [9.17, 15) is 5.11 Å². The number of nitrogens with zero attached hydrogens (tertiary/aromatic N) is 1. The number of aryl methyl sites for hydroxylation is 1. The predicted molar refractivity (Wildman–Crippen MR) is 106 cm³/mol. The fraction of sp³-hybridized carbons (Fsp3) is 0.286. The minimum Gasteiger partial charge on any atom is -0.494 e. The van der Waals surface area contributed by atoms with Crippen LogP contribution >= 0.6 is 0 Å². The van der Waals surface area contributed by atoms with Crippen molar-refractivity contribution in [2.45, 2.75) is 13.0 Å². The molecular formula is C21H24N2O4. The number of hydrogen-bond donors (Lipinski definition) is 2. The first-order valence-corrected chi connectivity index (χ1v) is 8.65. The van der Waals surface area contributed by atoms with Gasteiger partial charge in [0.15, 0.2) is 11.5 Å². The number of hydrogen-bond acceptors (Lipinski definition) is 6. The highest BCUT2D eigenvalue weighted by Crippen LogP contribution is 2.32. The monoisotopic (exact) mass is 368 g/mol. The number of benzene rings is 2. The van der Waals surface area contributed by atoms with Gasteiger partial charge in [0.25, 0.3) is 0 Å². The number of ether oxygens (including phenoxy) is 3. The third-order valence-electron chi connectivity index (χ3n) is 4.43. The zero-order chi connectivity index (χ0) is 19.4. The van der Waals surface area contributed by atoms with Crippen molar-refractivity contribution >= 4 is 16.6 Å². The number of para-hydroxylation sites is 1. The number of aliphatic hydroxyl groups excluding tert-OH is 1. The lowest BCUT2D eigenvalue weighted by Crippen LogP contribution is -2.13. The van der Waals surface area contributed by atoms with Gasteiger partial charge in [-0.2, -0.15) is 0 Å². The van der Waals surface area contributed by atoms with Crippen LogP contribution in [-0.4, -0.2) is 38.0 Å². The molecule has 27 heavy (non-hydrogen) atoms. The minimum atomic E-state index is -0.709. The normalized spacial score (nSPS) is 11.9. The van der Waals surface area contributed by atoms with Crippen LogP contribution in [0.4, 0.5) is 5.69 Å². The van der Waals surface area contributed by atoms with Gasteiger partial charge in [0.2, 0.25) is 0 Å². The minimum absolute atomic E-state index is 0.339. The molecule has 3 rings (SSSR count). The Hall–Kier alpha value is -2.99. The quantitative estimate of drug-likeness (QED) is 0.662. The Kier molecular flexibility index (Phi) is 5.66. The van der Waals surface area contributed by atoms with Gasteiger partial charge in [0.1, 0.15) is 11.3 Å². The van der Waals surface area contributed by atoms with Gasteiger partial charge in [-0.3, -0.25) is 0 Å². The molecule has 0 aliphatic carbocycles. The molecule has 1 aromatic heterocycles. The van der Waals surface area contributed by atoms with Gasteiger partial charge < -0.3 is 24.6 Å². The topological polar surface area (TPSA) is 72.8 Å². The summed E-state index contributed by atoms with van der Waals surface area (Å²) in [6, 6.07) is 13.1. The summed E-state index contributed by atoms with van der Waals surface area (Å²) in [4.78, 5) is 4.58. The lowest BCUT2D eigenvalue weighted by molar-refractivity contribution is 0.191. The molecule has 6 nitrogen and oxygen atoms in total. The second-order valence-electron chi connectivity index (χ2n) is 6.18. The molecule has 0 radical (unpaired) electrons. The molecule has 0 amide bonds. The first-order chi connectivity index (χ1) is 13.1. The van der Waals surface area contributed by atoms with Crippen LogP contribution in [0.15, 0.2) is 42.5 Å². The lowest BCUT2D eigenvalue weighted by atomic mass is 10.1. The van der Waals surface area contributed by atoms with E-state index in [0.717, 1.165) is 33.6 Å². The molecule has 1 atom stereocenters. The second-order valence-corrected chi connectivity index (χ2v) is 6.18. The predicted octanol–water partition coefficient (Wildman–Crippen LogP) is 3.71. The van der Waals surface area contributed by atoms with Gasteiger partial charge in [-0.05, 0) is 36.8 Å². The Morgan fingerprint density at radius 1 is 0.963 bits per heavy atom. The van der Waals surface area contributed by atoms with Crippen LogP contribution in [0.3, 0.4) is 0 Å². The first-order valence-electron chi connectivity index (χ1n) is 8.65. The maximum absolute atomic E-state index is 10.6. The summed E-state index contributed by atoms with van der Waals surface area (Å²) in [6.07, 6.45) is -0.709. The summed E-state index contributed by atoms with van der Waals surface area (Å²) in [5.41, 5.74) is 3.31. The number of aromatic nitrogens is 1. The summed E-state index contributed by atoms with van der Waals surface area (Å²) < 4.78 is 16.0. The maximum atomic E-state index is 10.6. The molecule has 3 aromatic rings. The highest BCUT2D eigenvalue weighted by atomic mass is 16.5. The molecule has 0 saturated heterocycles. The Labute approximate surface area is 158 Å². The van der Waals surface area contributed by atoms with Gasteiger partial charge in [0, 0.05) is 23.3 Å². The van der Waals surface area contributed by atoms with Gasteiger partial charge in [-0.25, -0.2) is 4.98 Å². The van der Waals surface area contributed by atoms with Gasteiger partial charge >= 0.3 is 0 Å². The van der Waals surface area contributed by atoms with E-state index in [2.05, 4.69) is 10.3 Å². The number of aliphatic hydroxyl groups is 1. The molecule has 2 aromatic carbocycles. The van der Waals surface area contributed by atoms with E-state index in [4.69, 9.17) is 14.2 Å². The number of anilines is 1. The average molecular weight is 368 g/mol. The van der Waals surface area contributed by atoms with Crippen LogP contribution in [0.5, 0.6) is 17.2 Å². The number of nitrogens with one attached hydrogen (secondary N) is 1. The number of methoxy groups -OCH3 is 3. The van der Waals surface area contributed by atoms with Crippen molar-refractivity contribution in [1.82, 2.24) is 4.98 Å². The van der Waals surface area contributed by atoms with Crippen molar-refractivity contribution < 1.29 is 19.3 Å². The van der Waals surface area contributed by atoms with Crippen LogP contribution in [0.1, 0.15) is 17.4 Å². The molecule has 0 bridgehead atoms. The first kappa shape index (κ1) is 18.8. The zero-order valence-corrected chi connectivity index (χ0v) is 15.9. The third kappa shape index (κ3) is 3.90. The summed E-state index contributed by atoms with van der Waals surface area (Å²) in [6.45, 7) is 2.27. The average Bonchev–Trinajstić information content (AvgIpc) is 2.70. The molecule has 142 valence electrons. The zero-order valence-electron chi connectivity index (χ0n) is 15.9. The summed E-state index contributed by atoms with van der Waals surface area (Å²) in [5, 5.41) is 14.9. The van der Waals surface area contributed by atoms with Crippen molar-refractivity contribution in [3.05, 3.63) is 53.7 Å². The van der Waals surface area contributed by atoms with Crippen molar-refractivity contribution in [2.24, 2.45) is 0 Å². The summed E-state index contributed by atoms with van der Waals surface area (Å²) in [7, 11) is 4.79. The molecule has 1 unspecified atom stereocenters. The number of pyridine rings is 1. The van der Waals surface area contributed by atoms with Crippen LogP contribution in [0.2, 0.25) is 0 Å². The van der Waals surface area contributed by atoms with Crippen molar-refractivity contribution in [1.29, 1.82) is 0 Å². The standard InChI is InChI=1S/C21H24N2O4/c1-13-10-16(15-6-5-7-19(26-3)21(15)23-13)22-12-17(24)14-8-9-18(25-2)20(11-14)27-4/h5-11,17,24H,12H2,1-4H3,(H,22,23). The van der Waals surface area contributed by atoms with Crippen molar-refractivity contribution in [3.8, 4) is 17.2 Å². The number of rotatable bonds is 7. The van der Waals surface area contributed by atoms with Gasteiger partial charge in [-0.15, -0.1) is 0 Å². The number of fused-ring (bicyclic) bond motifs is 1. The smallest absolute Gasteiger partial charge is 0.161 e. The fourth-order valence-electron chi connectivity index (χ4n) is 3.05. The molecule has 0 spiro atoms. The molecule has 2 N–H and O–H groups in total. The highest BCUT2D eigenvalue weighted by Gasteiger charge is 2.13. The molecule has 0 fully saturated rings. The Balaban J connectivity index is 1.84.